The Morgan fingerprint density at radius 1 is 1.36 bits per heavy atom. The van der Waals surface area contributed by atoms with Crippen LogP contribution in [0, 0.1) is 0 Å². The van der Waals surface area contributed by atoms with E-state index in [9.17, 15) is 18.0 Å². The van der Waals surface area contributed by atoms with Crippen LogP contribution in [0.4, 0.5) is 13.2 Å². The predicted octanol–water partition coefficient (Wildman–Crippen LogP) is 3.94. The van der Waals surface area contributed by atoms with Gasteiger partial charge in [0.1, 0.15) is 0 Å². The van der Waals surface area contributed by atoms with E-state index in [0.29, 0.717) is 6.54 Å². The Balaban J connectivity index is 1.57. The number of fused-ring (bicyclic) bond motifs is 1. The topological polar surface area (TPSA) is 32.3 Å². The zero-order valence-electron chi connectivity index (χ0n) is 13.8. The molecular formula is C18H19F3N2OS. The number of carbonyl (C=O) groups excluding carboxylic acids is 1. The lowest BCUT2D eigenvalue weighted by atomic mass is 10.1. The number of benzene rings is 1. The van der Waals surface area contributed by atoms with Gasteiger partial charge >= 0.3 is 6.18 Å². The number of hydrogen-bond donors (Lipinski definition) is 1. The monoisotopic (exact) mass is 368 g/mol. The highest BCUT2D eigenvalue weighted by Crippen LogP contribution is 2.29. The number of halogens is 3. The molecule has 1 amide bonds. The van der Waals surface area contributed by atoms with Crippen LogP contribution in [0.2, 0.25) is 0 Å². The summed E-state index contributed by atoms with van der Waals surface area (Å²) >= 11 is 1.77. The lowest BCUT2D eigenvalue weighted by Gasteiger charge is -2.32. The molecule has 1 aromatic carbocycles. The SMILES string of the molecule is CC(CNC(=O)c1cccc(C(F)(F)F)c1)N1CCc2sccc2C1. The number of hydrogen-bond acceptors (Lipinski definition) is 3. The number of carbonyl (C=O) groups is 1. The van der Waals surface area contributed by atoms with Gasteiger partial charge in [0.25, 0.3) is 5.91 Å². The van der Waals surface area contributed by atoms with E-state index in [4.69, 9.17) is 0 Å². The van der Waals surface area contributed by atoms with Crippen LogP contribution in [-0.4, -0.2) is 29.9 Å². The van der Waals surface area contributed by atoms with Crippen LogP contribution in [0.3, 0.4) is 0 Å². The van der Waals surface area contributed by atoms with Crippen LogP contribution in [0.25, 0.3) is 0 Å². The van der Waals surface area contributed by atoms with Crippen molar-refractivity contribution in [1.82, 2.24) is 10.2 Å². The van der Waals surface area contributed by atoms with Crippen molar-refractivity contribution in [3.8, 4) is 0 Å². The average molecular weight is 368 g/mol. The molecule has 0 aliphatic carbocycles. The van der Waals surface area contributed by atoms with Gasteiger partial charge in [-0.25, -0.2) is 0 Å². The highest BCUT2D eigenvalue weighted by atomic mass is 32.1. The molecule has 0 saturated heterocycles. The Morgan fingerprint density at radius 3 is 2.92 bits per heavy atom. The van der Waals surface area contributed by atoms with Gasteiger partial charge in [0.15, 0.2) is 0 Å². The molecule has 0 fully saturated rings. The normalized spacial score (nSPS) is 16.3. The van der Waals surface area contributed by atoms with E-state index in [1.165, 1.54) is 22.6 Å². The minimum Gasteiger partial charge on any atom is -0.350 e. The van der Waals surface area contributed by atoms with E-state index in [-0.39, 0.29) is 11.6 Å². The maximum Gasteiger partial charge on any atom is 0.416 e. The summed E-state index contributed by atoms with van der Waals surface area (Å²) in [6, 6.07) is 6.74. The molecule has 25 heavy (non-hydrogen) atoms. The number of rotatable bonds is 4. The van der Waals surface area contributed by atoms with Gasteiger partial charge in [-0.05, 0) is 48.6 Å². The van der Waals surface area contributed by atoms with Crippen molar-refractivity contribution in [2.45, 2.75) is 32.1 Å². The summed E-state index contributed by atoms with van der Waals surface area (Å²) < 4.78 is 38.2. The van der Waals surface area contributed by atoms with Crippen molar-refractivity contribution >= 4 is 17.2 Å². The van der Waals surface area contributed by atoms with Crippen LogP contribution in [0.15, 0.2) is 35.7 Å². The minimum absolute atomic E-state index is 0.0285. The minimum atomic E-state index is -4.45. The van der Waals surface area contributed by atoms with Crippen molar-refractivity contribution in [1.29, 1.82) is 0 Å². The van der Waals surface area contributed by atoms with Gasteiger partial charge in [-0.3, -0.25) is 9.69 Å². The quantitative estimate of drug-likeness (QED) is 0.887. The third-order valence-electron chi connectivity index (χ3n) is 4.47. The smallest absolute Gasteiger partial charge is 0.350 e. The van der Waals surface area contributed by atoms with Gasteiger partial charge in [0.05, 0.1) is 5.56 Å². The maximum atomic E-state index is 12.7. The molecule has 1 aliphatic rings. The molecule has 1 unspecified atom stereocenters. The molecule has 0 bridgehead atoms. The first-order valence-electron chi connectivity index (χ1n) is 8.09. The van der Waals surface area contributed by atoms with Gasteiger partial charge in [0, 0.05) is 36.1 Å². The van der Waals surface area contributed by atoms with E-state index in [0.717, 1.165) is 31.6 Å². The first kappa shape index (κ1) is 17.9. The number of thiophene rings is 1. The molecule has 1 N–H and O–H groups in total. The van der Waals surface area contributed by atoms with E-state index in [1.54, 1.807) is 11.3 Å². The summed E-state index contributed by atoms with van der Waals surface area (Å²) in [7, 11) is 0. The summed E-state index contributed by atoms with van der Waals surface area (Å²) in [5.41, 5.74) is 0.544. The van der Waals surface area contributed by atoms with Crippen molar-refractivity contribution in [2.75, 3.05) is 13.1 Å². The summed E-state index contributed by atoms with van der Waals surface area (Å²) in [4.78, 5) is 15.9. The Bertz CT molecular complexity index is 757. The van der Waals surface area contributed by atoms with Gasteiger partial charge in [-0.2, -0.15) is 13.2 Å². The fourth-order valence-electron chi connectivity index (χ4n) is 2.95. The standard InChI is InChI=1S/C18H19F3N2OS/c1-12(23-7-5-16-14(11-23)6-8-25-16)10-22-17(24)13-3-2-4-15(9-13)18(19,20)21/h2-4,6,8-9,12H,5,7,10-11H2,1H3,(H,22,24). The Morgan fingerprint density at radius 2 is 2.16 bits per heavy atom. The second-order valence-corrected chi connectivity index (χ2v) is 7.23. The van der Waals surface area contributed by atoms with E-state index < -0.39 is 17.6 Å². The Kier molecular flexibility index (Phi) is 5.15. The van der Waals surface area contributed by atoms with E-state index in [1.807, 2.05) is 6.92 Å². The van der Waals surface area contributed by atoms with Crippen molar-refractivity contribution in [2.24, 2.45) is 0 Å². The number of alkyl halides is 3. The van der Waals surface area contributed by atoms with Gasteiger partial charge in [-0.1, -0.05) is 6.07 Å². The molecule has 2 aromatic rings. The third-order valence-corrected chi connectivity index (χ3v) is 5.49. The van der Waals surface area contributed by atoms with Gasteiger partial charge < -0.3 is 5.32 Å². The molecule has 3 nitrogen and oxygen atoms in total. The Hall–Kier alpha value is -1.86. The molecule has 3 rings (SSSR count). The first-order chi connectivity index (χ1) is 11.8. The molecule has 0 saturated carbocycles. The molecule has 0 spiro atoms. The van der Waals surface area contributed by atoms with Crippen molar-refractivity contribution in [3.05, 3.63) is 57.3 Å². The van der Waals surface area contributed by atoms with Crippen LogP contribution < -0.4 is 5.32 Å². The third kappa shape index (κ3) is 4.22. The highest BCUT2D eigenvalue weighted by Gasteiger charge is 2.31. The first-order valence-corrected chi connectivity index (χ1v) is 8.97. The zero-order valence-corrected chi connectivity index (χ0v) is 14.6. The van der Waals surface area contributed by atoms with E-state index >= 15 is 0 Å². The summed E-state index contributed by atoms with van der Waals surface area (Å²) in [6.45, 7) is 4.19. The second-order valence-electron chi connectivity index (χ2n) is 6.23. The summed E-state index contributed by atoms with van der Waals surface area (Å²) in [6.07, 6.45) is -3.45. The van der Waals surface area contributed by atoms with Crippen LogP contribution >= 0.6 is 11.3 Å². The number of nitrogens with zero attached hydrogens (tertiary/aromatic N) is 1. The summed E-state index contributed by atoms with van der Waals surface area (Å²) in [5.74, 6) is -0.480. The molecule has 134 valence electrons. The fraction of sp³-hybridized carbons (Fsp3) is 0.389. The van der Waals surface area contributed by atoms with Gasteiger partial charge in [0.2, 0.25) is 0 Å². The molecule has 0 radical (unpaired) electrons. The Labute approximate surface area is 148 Å². The highest BCUT2D eigenvalue weighted by molar-refractivity contribution is 7.10. The molecule has 1 atom stereocenters. The molecular weight excluding hydrogens is 349 g/mol. The van der Waals surface area contributed by atoms with Crippen molar-refractivity contribution in [3.63, 3.8) is 0 Å². The average Bonchev–Trinajstić information content (AvgIpc) is 3.06. The fourth-order valence-corrected chi connectivity index (χ4v) is 3.84. The molecule has 7 heteroatoms. The van der Waals surface area contributed by atoms with Crippen LogP contribution in [0.5, 0.6) is 0 Å². The largest absolute Gasteiger partial charge is 0.416 e. The predicted molar refractivity (Wildman–Crippen MR) is 91.7 cm³/mol. The maximum absolute atomic E-state index is 12.7. The molecule has 1 aromatic heterocycles. The number of amides is 1. The van der Waals surface area contributed by atoms with Gasteiger partial charge in [-0.15, -0.1) is 11.3 Å². The van der Waals surface area contributed by atoms with Crippen LogP contribution in [0.1, 0.15) is 33.3 Å². The molecule has 2 heterocycles. The lowest BCUT2D eigenvalue weighted by molar-refractivity contribution is -0.137. The summed E-state index contributed by atoms with van der Waals surface area (Å²) in [5, 5.41) is 4.84. The van der Waals surface area contributed by atoms with E-state index in [2.05, 4.69) is 21.7 Å². The molecule has 1 aliphatic heterocycles. The van der Waals surface area contributed by atoms with Crippen LogP contribution in [-0.2, 0) is 19.1 Å². The second kappa shape index (κ2) is 7.17. The lowest BCUT2D eigenvalue weighted by Crippen LogP contribution is -2.44. The zero-order chi connectivity index (χ0) is 18.0. The number of nitrogens with one attached hydrogen (secondary N) is 1. The van der Waals surface area contributed by atoms with Crippen molar-refractivity contribution < 1.29 is 18.0 Å².